The third-order valence-electron chi connectivity index (χ3n) is 3.96. The van der Waals surface area contributed by atoms with E-state index in [1.165, 1.54) is 11.8 Å². The number of carbonyl (C=O) groups excluding carboxylic acids is 1. The number of thioether (sulfide) groups is 1. The third-order valence-corrected chi connectivity index (χ3v) is 4.98. The van der Waals surface area contributed by atoms with Gasteiger partial charge in [0.05, 0.1) is 35.9 Å². The Morgan fingerprint density at radius 1 is 1.10 bits per heavy atom. The Morgan fingerprint density at radius 2 is 1.86 bits per heavy atom. The number of carbonyl (C=O) groups is 1. The van der Waals surface area contributed by atoms with Crippen molar-refractivity contribution in [3.05, 3.63) is 48.0 Å². The number of nitrogens with zero attached hydrogens (tertiary/aromatic N) is 1. The molecule has 0 amide bonds. The summed E-state index contributed by atoms with van der Waals surface area (Å²) in [5.74, 6) is 1.44. The number of aliphatic hydroxyl groups excluding tert-OH is 1. The molecule has 29 heavy (non-hydrogen) atoms. The summed E-state index contributed by atoms with van der Waals surface area (Å²) in [4.78, 5) is 19.4. The SMILES string of the molecule is CCOC(=O)c1ccc(OCC(O)CSc2nc3ccc(OCC)cc3[nH]2)cc1. The summed E-state index contributed by atoms with van der Waals surface area (Å²) in [7, 11) is 0. The van der Waals surface area contributed by atoms with E-state index in [0.29, 0.717) is 30.3 Å². The van der Waals surface area contributed by atoms with Crippen LogP contribution in [-0.4, -0.2) is 52.7 Å². The van der Waals surface area contributed by atoms with Crippen LogP contribution in [0.4, 0.5) is 0 Å². The first kappa shape index (κ1) is 21.0. The third kappa shape index (κ3) is 5.88. The largest absolute Gasteiger partial charge is 0.494 e. The Hall–Kier alpha value is -2.71. The van der Waals surface area contributed by atoms with Gasteiger partial charge in [0.25, 0.3) is 0 Å². The molecule has 7 nitrogen and oxygen atoms in total. The maximum atomic E-state index is 11.6. The maximum Gasteiger partial charge on any atom is 0.338 e. The van der Waals surface area contributed by atoms with Crippen LogP contribution in [0.3, 0.4) is 0 Å². The number of H-pyrrole nitrogens is 1. The van der Waals surface area contributed by atoms with E-state index in [1.54, 1.807) is 31.2 Å². The van der Waals surface area contributed by atoms with E-state index in [4.69, 9.17) is 14.2 Å². The zero-order valence-corrected chi connectivity index (χ0v) is 17.2. The molecule has 0 aliphatic carbocycles. The van der Waals surface area contributed by atoms with E-state index >= 15 is 0 Å². The van der Waals surface area contributed by atoms with Gasteiger partial charge in [-0.3, -0.25) is 0 Å². The summed E-state index contributed by atoms with van der Waals surface area (Å²) in [5, 5.41) is 10.9. The molecule has 0 saturated carbocycles. The first-order valence-corrected chi connectivity index (χ1v) is 10.4. The van der Waals surface area contributed by atoms with Gasteiger partial charge in [-0.1, -0.05) is 11.8 Å². The predicted molar refractivity (Wildman–Crippen MR) is 112 cm³/mol. The summed E-state index contributed by atoms with van der Waals surface area (Å²) in [6, 6.07) is 12.3. The summed E-state index contributed by atoms with van der Waals surface area (Å²) < 4.78 is 16.0. The van der Waals surface area contributed by atoms with Crippen LogP contribution in [0.1, 0.15) is 24.2 Å². The molecule has 0 aliphatic rings. The molecule has 1 atom stereocenters. The fraction of sp³-hybridized carbons (Fsp3) is 0.333. The van der Waals surface area contributed by atoms with Gasteiger partial charge >= 0.3 is 5.97 Å². The topological polar surface area (TPSA) is 93.7 Å². The quantitative estimate of drug-likeness (QED) is 0.385. The number of aromatic amines is 1. The van der Waals surface area contributed by atoms with E-state index in [-0.39, 0.29) is 12.6 Å². The molecule has 1 heterocycles. The van der Waals surface area contributed by atoms with Crippen molar-refractivity contribution in [1.82, 2.24) is 9.97 Å². The number of ether oxygens (including phenoxy) is 3. The second-order valence-electron chi connectivity index (χ2n) is 6.17. The lowest BCUT2D eigenvalue weighted by molar-refractivity contribution is 0.0526. The second kappa shape index (κ2) is 10.2. The van der Waals surface area contributed by atoms with Crippen LogP contribution < -0.4 is 9.47 Å². The Bertz CT molecular complexity index is 942. The van der Waals surface area contributed by atoms with Crippen molar-refractivity contribution < 1.29 is 24.1 Å². The molecule has 154 valence electrons. The van der Waals surface area contributed by atoms with Gasteiger partial charge in [0.2, 0.25) is 0 Å². The smallest absolute Gasteiger partial charge is 0.338 e. The molecule has 3 aromatic rings. The normalized spacial score (nSPS) is 12.0. The van der Waals surface area contributed by atoms with Crippen molar-refractivity contribution in [3.8, 4) is 11.5 Å². The summed E-state index contributed by atoms with van der Waals surface area (Å²) in [6.07, 6.45) is -0.670. The van der Waals surface area contributed by atoms with Gasteiger partial charge in [-0.05, 0) is 50.2 Å². The van der Waals surface area contributed by atoms with E-state index in [9.17, 15) is 9.90 Å². The fourth-order valence-electron chi connectivity index (χ4n) is 2.61. The van der Waals surface area contributed by atoms with Crippen molar-refractivity contribution in [1.29, 1.82) is 0 Å². The number of rotatable bonds is 10. The van der Waals surface area contributed by atoms with Gasteiger partial charge < -0.3 is 24.3 Å². The summed E-state index contributed by atoms with van der Waals surface area (Å²) in [6.45, 7) is 4.79. The van der Waals surface area contributed by atoms with Crippen LogP contribution >= 0.6 is 11.8 Å². The van der Waals surface area contributed by atoms with Gasteiger partial charge in [-0.25, -0.2) is 9.78 Å². The van der Waals surface area contributed by atoms with Crippen LogP contribution in [0, 0.1) is 0 Å². The Balaban J connectivity index is 1.48. The van der Waals surface area contributed by atoms with Crippen LogP contribution in [-0.2, 0) is 4.74 Å². The Labute approximate surface area is 173 Å². The van der Waals surface area contributed by atoms with Gasteiger partial charge in [0, 0.05) is 11.8 Å². The van der Waals surface area contributed by atoms with Crippen molar-refractivity contribution in [2.75, 3.05) is 25.6 Å². The lowest BCUT2D eigenvalue weighted by Crippen LogP contribution is -2.20. The molecule has 0 fully saturated rings. The summed E-state index contributed by atoms with van der Waals surface area (Å²) >= 11 is 1.42. The van der Waals surface area contributed by atoms with Gasteiger partial charge in [0.1, 0.15) is 18.1 Å². The lowest BCUT2D eigenvalue weighted by Gasteiger charge is -2.11. The number of aromatic nitrogens is 2. The van der Waals surface area contributed by atoms with Gasteiger partial charge in [-0.15, -0.1) is 0 Å². The molecule has 3 rings (SSSR count). The number of imidazole rings is 1. The zero-order chi connectivity index (χ0) is 20.6. The number of aliphatic hydroxyl groups is 1. The molecule has 8 heteroatoms. The molecule has 1 unspecified atom stereocenters. The Morgan fingerprint density at radius 3 is 2.59 bits per heavy atom. The molecule has 2 N–H and O–H groups in total. The highest BCUT2D eigenvalue weighted by Gasteiger charge is 2.11. The molecular formula is C21H24N2O5S. The monoisotopic (exact) mass is 416 g/mol. The number of hydrogen-bond donors (Lipinski definition) is 2. The average molecular weight is 416 g/mol. The molecule has 0 radical (unpaired) electrons. The minimum absolute atomic E-state index is 0.139. The predicted octanol–water partition coefficient (Wildman–Crippen LogP) is 3.67. The number of benzene rings is 2. The molecule has 0 spiro atoms. The standard InChI is InChI=1S/C21H24N2O5S/c1-3-26-17-9-10-18-19(11-17)23-21(22-18)29-13-15(24)12-28-16-7-5-14(6-8-16)20(25)27-4-2/h5-11,15,24H,3-4,12-13H2,1-2H3,(H,22,23). The lowest BCUT2D eigenvalue weighted by atomic mass is 10.2. The first-order valence-electron chi connectivity index (χ1n) is 9.42. The van der Waals surface area contributed by atoms with Crippen LogP contribution in [0.15, 0.2) is 47.6 Å². The number of hydrogen-bond acceptors (Lipinski definition) is 7. The highest BCUT2D eigenvalue weighted by Crippen LogP contribution is 2.24. The molecular weight excluding hydrogens is 392 g/mol. The molecule has 0 aliphatic heterocycles. The molecule has 0 bridgehead atoms. The fourth-order valence-corrected chi connectivity index (χ4v) is 3.40. The van der Waals surface area contributed by atoms with Crippen molar-refractivity contribution in [2.45, 2.75) is 25.1 Å². The highest BCUT2D eigenvalue weighted by atomic mass is 32.2. The van der Waals surface area contributed by atoms with E-state index in [1.807, 2.05) is 25.1 Å². The minimum Gasteiger partial charge on any atom is -0.494 e. The Kier molecular flexibility index (Phi) is 7.37. The van der Waals surface area contributed by atoms with Gasteiger partial charge in [0.15, 0.2) is 5.16 Å². The number of nitrogens with one attached hydrogen (secondary N) is 1. The van der Waals surface area contributed by atoms with E-state index < -0.39 is 6.10 Å². The van der Waals surface area contributed by atoms with Crippen LogP contribution in [0.25, 0.3) is 11.0 Å². The van der Waals surface area contributed by atoms with E-state index in [0.717, 1.165) is 21.9 Å². The first-order chi connectivity index (χ1) is 14.1. The maximum absolute atomic E-state index is 11.6. The average Bonchev–Trinajstić information content (AvgIpc) is 3.14. The highest BCUT2D eigenvalue weighted by molar-refractivity contribution is 7.99. The zero-order valence-electron chi connectivity index (χ0n) is 16.4. The number of esters is 1. The van der Waals surface area contributed by atoms with Gasteiger partial charge in [-0.2, -0.15) is 0 Å². The van der Waals surface area contributed by atoms with Crippen molar-refractivity contribution in [2.24, 2.45) is 0 Å². The van der Waals surface area contributed by atoms with Crippen molar-refractivity contribution >= 4 is 28.8 Å². The van der Waals surface area contributed by atoms with Crippen LogP contribution in [0.5, 0.6) is 11.5 Å². The van der Waals surface area contributed by atoms with E-state index in [2.05, 4.69) is 9.97 Å². The summed E-state index contributed by atoms with van der Waals surface area (Å²) in [5.41, 5.74) is 2.21. The minimum atomic E-state index is -0.670. The molecule has 2 aromatic carbocycles. The second-order valence-corrected chi connectivity index (χ2v) is 7.18. The van der Waals surface area contributed by atoms with Crippen LogP contribution in [0.2, 0.25) is 0 Å². The van der Waals surface area contributed by atoms with Crippen molar-refractivity contribution in [3.63, 3.8) is 0 Å². The molecule has 1 aromatic heterocycles. The number of fused-ring (bicyclic) bond motifs is 1. The molecule has 0 saturated heterocycles.